The van der Waals surface area contributed by atoms with Crippen molar-refractivity contribution >= 4 is 15.7 Å². The van der Waals surface area contributed by atoms with E-state index in [-0.39, 0.29) is 5.75 Å². The van der Waals surface area contributed by atoms with Gasteiger partial charge in [0, 0.05) is 25.3 Å². The van der Waals surface area contributed by atoms with Gasteiger partial charge in [-0.3, -0.25) is 0 Å². The van der Waals surface area contributed by atoms with Gasteiger partial charge in [0.2, 0.25) is 10.0 Å². The average molecular weight is 346 g/mol. The van der Waals surface area contributed by atoms with E-state index in [0.717, 1.165) is 35.5 Å². The van der Waals surface area contributed by atoms with Gasteiger partial charge in [-0.15, -0.1) is 0 Å². The van der Waals surface area contributed by atoms with Gasteiger partial charge in [-0.2, -0.15) is 0 Å². The van der Waals surface area contributed by atoms with Crippen LogP contribution in [0.3, 0.4) is 0 Å². The van der Waals surface area contributed by atoms with Crippen molar-refractivity contribution in [2.24, 2.45) is 0 Å². The lowest BCUT2D eigenvalue weighted by atomic mass is 10.1. The maximum Gasteiger partial charge on any atom is 0.216 e. The SMILES string of the molecule is CCN(CC)c1ccc(CNS(=O)(=O)Cc2ccccc2C)cc1. The van der Waals surface area contributed by atoms with Crippen LogP contribution >= 0.6 is 0 Å². The predicted octanol–water partition coefficient (Wildman–Crippen LogP) is 3.46. The molecule has 0 atom stereocenters. The summed E-state index contributed by atoms with van der Waals surface area (Å²) in [7, 11) is -3.35. The van der Waals surface area contributed by atoms with E-state index in [9.17, 15) is 8.42 Å². The number of benzene rings is 2. The molecule has 0 spiro atoms. The zero-order chi connectivity index (χ0) is 17.6. The Labute approximate surface area is 145 Å². The minimum absolute atomic E-state index is 0.0111. The maximum atomic E-state index is 12.3. The molecule has 0 amide bonds. The zero-order valence-electron chi connectivity index (χ0n) is 14.6. The number of nitrogens with one attached hydrogen (secondary N) is 1. The van der Waals surface area contributed by atoms with Gasteiger partial charge in [0.05, 0.1) is 5.75 Å². The molecule has 0 aliphatic carbocycles. The average Bonchev–Trinajstić information content (AvgIpc) is 2.57. The van der Waals surface area contributed by atoms with E-state index in [2.05, 4.69) is 23.5 Å². The first kappa shape index (κ1) is 18.5. The van der Waals surface area contributed by atoms with Gasteiger partial charge in [-0.05, 0) is 49.6 Å². The number of anilines is 1. The Morgan fingerprint density at radius 2 is 1.58 bits per heavy atom. The first-order chi connectivity index (χ1) is 11.4. The molecule has 0 heterocycles. The molecule has 5 heteroatoms. The highest BCUT2D eigenvalue weighted by Crippen LogP contribution is 2.15. The van der Waals surface area contributed by atoms with Crippen molar-refractivity contribution < 1.29 is 8.42 Å². The highest BCUT2D eigenvalue weighted by Gasteiger charge is 2.12. The second kappa shape index (κ2) is 8.31. The number of sulfonamides is 1. The fourth-order valence-electron chi connectivity index (χ4n) is 2.63. The van der Waals surface area contributed by atoms with E-state index in [4.69, 9.17) is 0 Å². The lowest BCUT2D eigenvalue weighted by molar-refractivity contribution is 0.580. The summed E-state index contributed by atoms with van der Waals surface area (Å²) in [5, 5.41) is 0. The molecule has 4 nitrogen and oxygen atoms in total. The van der Waals surface area contributed by atoms with E-state index in [1.165, 1.54) is 0 Å². The van der Waals surface area contributed by atoms with Gasteiger partial charge < -0.3 is 4.90 Å². The van der Waals surface area contributed by atoms with Gasteiger partial charge in [-0.25, -0.2) is 13.1 Å². The van der Waals surface area contributed by atoms with E-state index in [1.54, 1.807) is 0 Å². The first-order valence-corrected chi connectivity index (χ1v) is 9.96. The second-order valence-corrected chi connectivity index (χ2v) is 7.65. The Bertz CT molecular complexity index is 751. The summed E-state index contributed by atoms with van der Waals surface area (Å²) in [6, 6.07) is 15.6. The molecule has 0 bridgehead atoms. The molecule has 0 aliphatic rings. The van der Waals surface area contributed by atoms with Gasteiger partial charge in [0.25, 0.3) is 0 Å². The zero-order valence-corrected chi connectivity index (χ0v) is 15.4. The van der Waals surface area contributed by atoms with Gasteiger partial charge in [0.1, 0.15) is 0 Å². The second-order valence-electron chi connectivity index (χ2n) is 5.85. The number of rotatable bonds is 8. The highest BCUT2D eigenvalue weighted by atomic mass is 32.2. The Kier molecular flexibility index (Phi) is 6.40. The van der Waals surface area contributed by atoms with Crippen molar-refractivity contribution in [1.82, 2.24) is 4.72 Å². The lowest BCUT2D eigenvalue weighted by Gasteiger charge is -2.21. The van der Waals surface area contributed by atoms with Crippen molar-refractivity contribution in [2.45, 2.75) is 33.1 Å². The molecule has 0 fully saturated rings. The first-order valence-electron chi connectivity index (χ1n) is 8.31. The minimum atomic E-state index is -3.35. The van der Waals surface area contributed by atoms with Gasteiger partial charge >= 0.3 is 0 Å². The largest absolute Gasteiger partial charge is 0.372 e. The van der Waals surface area contributed by atoms with E-state index >= 15 is 0 Å². The number of hydrogen-bond donors (Lipinski definition) is 1. The molecular formula is C19H26N2O2S. The fourth-order valence-corrected chi connectivity index (χ4v) is 3.86. The van der Waals surface area contributed by atoms with Gasteiger partial charge in [-0.1, -0.05) is 36.4 Å². The molecule has 0 aromatic heterocycles. The van der Waals surface area contributed by atoms with Crippen LogP contribution in [0.4, 0.5) is 5.69 Å². The molecular weight excluding hydrogens is 320 g/mol. The van der Waals surface area contributed by atoms with Crippen LogP contribution in [0, 0.1) is 6.92 Å². The van der Waals surface area contributed by atoms with Crippen LogP contribution < -0.4 is 9.62 Å². The van der Waals surface area contributed by atoms with Crippen molar-refractivity contribution in [3.05, 3.63) is 65.2 Å². The van der Waals surface area contributed by atoms with Crippen molar-refractivity contribution in [3.63, 3.8) is 0 Å². The van der Waals surface area contributed by atoms with Crippen LogP contribution in [-0.2, 0) is 22.3 Å². The minimum Gasteiger partial charge on any atom is -0.372 e. The van der Waals surface area contributed by atoms with Crippen LogP contribution in [-0.4, -0.2) is 21.5 Å². The van der Waals surface area contributed by atoms with E-state index in [0.29, 0.717) is 6.54 Å². The summed E-state index contributed by atoms with van der Waals surface area (Å²) in [5.41, 5.74) is 3.94. The van der Waals surface area contributed by atoms with Gasteiger partial charge in [0.15, 0.2) is 0 Å². The normalized spacial score (nSPS) is 11.5. The summed E-state index contributed by atoms with van der Waals surface area (Å²) in [6.45, 7) is 8.40. The molecule has 2 aromatic carbocycles. The van der Waals surface area contributed by atoms with Crippen LogP contribution in [0.15, 0.2) is 48.5 Å². The Hall–Kier alpha value is -1.85. The van der Waals surface area contributed by atoms with Crippen molar-refractivity contribution in [2.75, 3.05) is 18.0 Å². The third-order valence-corrected chi connectivity index (χ3v) is 5.44. The number of nitrogens with zero attached hydrogens (tertiary/aromatic N) is 1. The summed E-state index contributed by atoms with van der Waals surface area (Å²) in [4.78, 5) is 2.26. The molecule has 1 N–H and O–H groups in total. The van der Waals surface area contributed by atoms with Crippen LogP contribution in [0.2, 0.25) is 0 Å². The Morgan fingerprint density at radius 1 is 0.958 bits per heavy atom. The summed E-state index contributed by atoms with van der Waals surface area (Å²) < 4.78 is 27.2. The topological polar surface area (TPSA) is 49.4 Å². The van der Waals surface area contributed by atoms with E-state index < -0.39 is 10.0 Å². The predicted molar refractivity (Wildman–Crippen MR) is 101 cm³/mol. The fraction of sp³-hybridized carbons (Fsp3) is 0.368. The summed E-state index contributed by atoms with van der Waals surface area (Å²) >= 11 is 0. The molecule has 24 heavy (non-hydrogen) atoms. The standard InChI is InChI=1S/C19H26N2O2S/c1-4-21(5-2)19-12-10-17(11-13-19)14-20-24(22,23)15-18-9-7-6-8-16(18)3/h6-13,20H,4-5,14-15H2,1-3H3. The van der Waals surface area contributed by atoms with Crippen LogP contribution in [0.25, 0.3) is 0 Å². The molecule has 0 saturated heterocycles. The van der Waals surface area contributed by atoms with Crippen LogP contribution in [0.1, 0.15) is 30.5 Å². The van der Waals surface area contributed by atoms with Crippen molar-refractivity contribution in [3.8, 4) is 0 Å². The highest BCUT2D eigenvalue weighted by molar-refractivity contribution is 7.88. The molecule has 0 aliphatic heterocycles. The molecule has 0 radical (unpaired) electrons. The molecule has 2 aromatic rings. The molecule has 0 unspecified atom stereocenters. The molecule has 130 valence electrons. The molecule has 2 rings (SSSR count). The summed E-state index contributed by atoms with van der Waals surface area (Å²) in [5.74, 6) is 0.0111. The Balaban J connectivity index is 1.98. The Morgan fingerprint density at radius 3 is 2.17 bits per heavy atom. The monoisotopic (exact) mass is 346 g/mol. The van der Waals surface area contributed by atoms with E-state index in [1.807, 2.05) is 55.5 Å². The van der Waals surface area contributed by atoms with Crippen molar-refractivity contribution in [1.29, 1.82) is 0 Å². The smallest absolute Gasteiger partial charge is 0.216 e. The third-order valence-electron chi connectivity index (χ3n) is 4.17. The summed E-state index contributed by atoms with van der Waals surface area (Å²) in [6.07, 6.45) is 0. The number of aryl methyl sites for hydroxylation is 1. The molecule has 0 saturated carbocycles. The maximum absolute atomic E-state index is 12.3. The lowest BCUT2D eigenvalue weighted by Crippen LogP contribution is -2.25. The third kappa shape index (κ3) is 5.08. The number of hydrogen-bond acceptors (Lipinski definition) is 3. The quantitative estimate of drug-likeness (QED) is 0.796. The van der Waals surface area contributed by atoms with Crippen LogP contribution in [0.5, 0.6) is 0 Å².